The lowest BCUT2D eigenvalue weighted by molar-refractivity contribution is -0.137. The molecule has 2 amide bonds. The van der Waals surface area contributed by atoms with Crippen LogP contribution in [-0.4, -0.2) is 74.0 Å². The van der Waals surface area contributed by atoms with Gasteiger partial charge in [0.15, 0.2) is 0 Å². The summed E-state index contributed by atoms with van der Waals surface area (Å²) in [6, 6.07) is -0.243. The van der Waals surface area contributed by atoms with Crippen molar-refractivity contribution in [1.29, 1.82) is 0 Å². The second-order valence-electron chi connectivity index (χ2n) is 6.55. The fraction of sp³-hybridized carbons (Fsp3) is 0.867. The van der Waals surface area contributed by atoms with Crippen molar-refractivity contribution in [2.45, 2.75) is 26.3 Å². The number of carbonyl (C=O) groups excluding carboxylic acids is 2. The maximum absolute atomic E-state index is 12.5. The van der Waals surface area contributed by atoms with E-state index in [1.54, 1.807) is 7.05 Å². The summed E-state index contributed by atoms with van der Waals surface area (Å²) in [5.74, 6) is 1.27. The highest BCUT2D eigenvalue weighted by molar-refractivity contribution is 5.84. The molecular weight excluding hydrogens is 268 g/mol. The van der Waals surface area contributed by atoms with Gasteiger partial charge in [-0.25, -0.2) is 0 Å². The third-order valence-corrected chi connectivity index (χ3v) is 4.46. The van der Waals surface area contributed by atoms with Crippen LogP contribution in [0.1, 0.15) is 20.3 Å². The van der Waals surface area contributed by atoms with E-state index in [0.717, 1.165) is 26.2 Å². The maximum Gasteiger partial charge on any atom is 0.238 e. The van der Waals surface area contributed by atoms with Gasteiger partial charge in [-0.3, -0.25) is 14.5 Å². The molecule has 0 aromatic rings. The molecule has 2 N–H and O–H groups in total. The Bertz CT molecular complexity index is 378. The second-order valence-corrected chi connectivity index (χ2v) is 6.55. The molecule has 0 bridgehead atoms. The smallest absolute Gasteiger partial charge is 0.238 e. The molecule has 0 aromatic carbocycles. The van der Waals surface area contributed by atoms with Crippen LogP contribution in [0.25, 0.3) is 0 Å². The number of piperazine rings is 1. The van der Waals surface area contributed by atoms with E-state index in [1.807, 2.05) is 9.80 Å². The highest BCUT2D eigenvalue weighted by atomic mass is 16.2. The summed E-state index contributed by atoms with van der Waals surface area (Å²) >= 11 is 0. The summed E-state index contributed by atoms with van der Waals surface area (Å²) in [6.07, 6.45) is 1.19. The summed E-state index contributed by atoms with van der Waals surface area (Å²) in [7, 11) is 1.64. The Labute approximate surface area is 127 Å². The zero-order valence-electron chi connectivity index (χ0n) is 13.4. The number of carbonyl (C=O) groups is 2. The summed E-state index contributed by atoms with van der Waals surface area (Å²) in [5, 5.41) is 5.91. The minimum absolute atomic E-state index is 0.0182. The predicted molar refractivity (Wildman–Crippen MR) is 81.8 cm³/mol. The topological polar surface area (TPSA) is 64.7 Å². The summed E-state index contributed by atoms with van der Waals surface area (Å²) in [6.45, 7) is 8.62. The number of amides is 2. The molecule has 0 spiro atoms. The Kier molecular flexibility index (Phi) is 5.58. The Morgan fingerprint density at radius 3 is 2.52 bits per heavy atom. The van der Waals surface area contributed by atoms with E-state index in [1.165, 1.54) is 6.42 Å². The molecular formula is C15H28N4O2. The van der Waals surface area contributed by atoms with Crippen molar-refractivity contribution in [2.75, 3.05) is 46.3 Å². The zero-order chi connectivity index (χ0) is 15.4. The van der Waals surface area contributed by atoms with Gasteiger partial charge in [-0.1, -0.05) is 13.8 Å². The summed E-state index contributed by atoms with van der Waals surface area (Å²) in [4.78, 5) is 28.4. The van der Waals surface area contributed by atoms with Crippen molar-refractivity contribution in [3.8, 4) is 0 Å². The normalized spacial score (nSPS) is 31.0. The number of hydrogen-bond donors (Lipinski definition) is 2. The molecule has 0 aliphatic carbocycles. The molecule has 6 nitrogen and oxygen atoms in total. The molecule has 2 saturated heterocycles. The standard InChI is InChI=1S/C15H28N4O2/c1-11-6-12(2)9-19(8-11)14(20)10-18-5-4-17-7-13(18)15(21)16-3/h11-13,17H,4-10H2,1-3H3,(H,16,21). The van der Waals surface area contributed by atoms with Crippen LogP contribution in [0.2, 0.25) is 0 Å². The van der Waals surface area contributed by atoms with Crippen LogP contribution in [0.15, 0.2) is 0 Å². The third kappa shape index (κ3) is 4.17. The van der Waals surface area contributed by atoms with E-state index in [2.05, 4.69) is 24.5 Å². The Balaban J connectivity index is 1.95. The lowest BCUT2D eigenvalue weighted by Gasteiger charge is -2.39. The zero-order valence-corrected chi connectivity index (χ0v) is 13.4. The first-order valence-electron chi connectivity index (χ1n) is 7.95. The number of nitrogens with zero attached hydrogens (tertiary/aromatic N) is 2. The summed E-state index contributed by atoms with van der Waals surface area (Å²) < 4.78 is 0. The summed E-state index contributed by atoms with van der Waals surface area (Å²) in [5.41, 5.74) is 0. The Hall–Kier alpha value is -1.14. The molecule has 3 atom stereocenters. The molecule has 21 heavy (non-hydrogen) atoms. The average Bonchev–Trinajstić information content (AvgIpc) is 2.46. The third-order valence-electron chi connectivity index (χ3n) is 4.46. The molecule has 2 rings (SSSR count). The molecule has 3 unspecified atom stereocenters. The van der Waals surface area contributed by atoms with Crippen molar-refractivity contribution < 1.29 is 9.59 Å². The lowest BCUT2D eigenvalue weighted by Crippen LogP contribution is -2.60. The van der Waals surface area contributed by atoms with Crippen LogP contribution < -0.4 is 10.6 Å². The molecule has 0 aromatic heterocycles. The van der Waals surface area contributed by atoms with Gasteiger partial charge in [-0.15, -0.1) is 0 Å². The van der Waals surface area contributed by atoms with Crippen LogP contribution in [-0.2, 0) is 9.59 Å². The van der Waals surface area contributed by atoms with Crippen molar-refractivity contribution >= 4 is 11.8 Å². The molecule has 2 aliphatic heterocycles. The highest BCUT2D eigenvalue weighted by Crippen LogP contribution is 2.21. The van der Waals surface area contributed by atoms with E-state index in [4.69, 9.17) is 0 Å². The second kappa shape index (κ2) is 7.22. The maximum atomic E-state index is 12.5. The minimum Gasteiger partial charge on any atom is -0.358 e. The van der Waals surface area contributed by atoms with Gasteiger partial charge in [0, 0.05) is 39.8 Å². The average molecular weight is 296 g/mol. The number of piperidine rings is 1. The fourth-order valence-corrected chi connectivity index (χ4v) is 3.50. The van der Waals surface area contributed by atoms with E-state index in [-0.39, 0.29) is 17.9 Å². The first kappa shape index (κ1) is 16.2. The quantitative estimate of drug-likeness (QED) is 0.738. The van der Waals surface area contributed by atoms with Gasteiger partial charge >= 0.3 is 0 Å². The Morgan fingerprint density at radius 1 is 1.24 bits per heavy atom. The van der Waals surface area contributed by atoms with E-state index in [0.29, 0.717) is 24.9 Å². The van der Waals surface area contributed by atoms with Crippen LogP contribution in [0, 0.1) is 11.8 Å². The first-order chi connectivity index (χ1) is 10.0. The number of nitrogens with one attached hydrogen (secondary N) is 2. The van der Waals surface area contributed by atoms with Crippen molar-refractivity contribution in [3.63, 3.8) is 0 Å². The van der Waals surface area contributed by atoms with Crippen LogP contribution in [0.4, 0.5) is 0 Å². The lowest BCUT2D eigenvalue weighted by atomic mass is 9.92. The van der Waals surface area contributed by atoms with Gasteiger partial charge in [-0.05, 0) is 18.3 Å². The minimum atomic E-state index is -0.243. The van der Waals surface area contributed by atoms with Crippen LogP contribution in [0.5, 0.6) is 0 Å². The monoisotopic (exact) mass is 296 g/mol. The van der Waals surface area contributed by atoms with Gasteiger partial charge < -0.3 is 15.5 Å². The van der Waals surface area contributed by atoms with Crippen LogP contribution in [0.3, 0.4) is 0 Å². The number of hydrogen-bond acceptors (Lipinski definition) is 4. The molecule has 6 heteroatoms. The van der Waals surface area contributed by atoms with Crippen molar-refractivity contribution in [2.24, 2.45) is 11.8 Å². The number of rotatable bonds is 3. The molecule has 0 saturated carbocycles. The van der Waals surface area contributed by atoms with Gasteiger partial charge in [0.05, 0.1) is 6.54 Å². The number of likely N-dealkylation sites (N-methyl/N-ethyl adjacent to an activating group) is 1. The van der Waals surface area contributed by atoms with E-state index in [9.17, 15) is 9.59 Å². The molecule has 2 aliphatic rings. The fourth-order valence-electron chi connectivity index (χ4n) is 3.50. The first-order valence-corrected chi connectivity index (χ1v) is 7.95. The molecule has 2 fully saturated rings. The van der Waals surface area contributed by atoms with Crippen LogP contribution >= 0.6 is 0 Å². The number of likely N-dealkylation sites (tertiary alicyclic amines) is 1. The van der Waals surface area contributed by atoms with Gasteiger partial charge in [-0.2, -0.15) is 0 Å². The SMILES string of the molecule is CNC(=O)C1CNCCN1CC(=O)N1CC(C)CC(C)C1. The van der Waals surface area contributed by atoms with Gasteiger partial charge in [0.1, 0.15) is 6.04 Å². The molecule has 0 radical (unpaired) electrons. The largest absolute Gasteiger partial charge is 0.358 e. The predicted octanol–water partition coefficient (Wildman–Crippen LogP) is -0.489. The van der Waals surface area contributed by atoms with Gasteiger partial charge in [0.2, 0.25) is 11.8 Å². The molecule has 120 valence electrons. The van der Waals surface area contributed by atoms with Crippen molar-refractivity contribution in [1.82, 2.24) is 20.4 Å². The molecule has 2 heterocycles. The Morgan fingerprint density at radius 2 is 1.90 bits per heavy atom. The van der Waals surface area contributed by atoms with E-state index < -0.39 is 0 Å². The van der Waals surface area contributed by atoms with Gasteiger partial charge in [0.25, 0.3) is 0 Å². The highest BCUT2D eigenvalue weighted by Gasteiger charge is 2.32. The van der Waals surface area contributed by atoms with E-state index >= 15 is 0 Å². The van der Waals surface area contributed by atoms with Crippen molar-refractivity contribution in [3.05, 3.63) is 0 Å².